The number of rotatable bonds is 6. The van der Waals surface area contributed by atoms with E-state index in [1.165, 1.54) is 37.1 Å². The van der Waals surface area contributed by atoms with Crippen molar-refractivity contribution in [2.24, 2.45) is 22.6 Å². The molecule has 0 bridgehead atoms. The minimum atomic E-state index is 0. The fourth-order valence-electron chi connectivity index (χ4n) is 2.77. The summed E-state index contributed by atoms with van der Waals surface area (Å²) in [5.74, 6) is 1.99. The molecule has 1 heterocycles. The summed E-state index contributed by atoms with van der Waals surface area (Å²) < 4.78 is 0. The second-order valence-corrected chi connectivity index (χ2v) is 7.25. The van der Waals surface area contributed by atoms with Crippen LogP contribution in [0.2, 0.25) is 0 Å². The molecule has 3 N–H and O–H groups in total. The summed E-state index contributed by atoms with van der Waals surface area (Å²) >= 11 is 0. The van der Waals surface area contributed by atoms with Crippen molar-refractivity contribution in [2.75, 3.05) is 19.6 Å². The minimum Gasteiger partial charge on any atom is -0.370 e. The van der Waals surface area contributed by atoms with E-state index in [4.69, 9.17) is 5.73 Å². The second kappa shape index (κ2) is 10.9. The summed E-state index contributed by atoms with van der Waals surface area (Å²) in [6.45, 7) is 11.7. The lowest BCUT2D eigenvalue weighted by molar-refractivity contribution is 0.185. The Morgan fingerprint density at radius 1 is 1.21 bits per heavy atom. The predicted octanol–water partition coefficient (Wildman–Crippen LogP) is 3.60. The number of hydrogen-bond acceptors (Lipinski definition) is 2. The van der Waals surface area contributed by atoms with Gasteiger partial charge in [0, 0.05) is 13.1 Å². The van der Waals surface area contributed by atoms with Crippen LogP contribution in [0.4, 0.5) is 0 Å². The maximum Gasteiger partial charge on any atom is 0.188 e. The Morgan fingerprint density at radius 2 is 1.79 bits per heavy atom. The van der Waals surface area contributed by atoms with Gasteiger partial charge in [0.1, 0.15) is 0 Å². The van der Waals surface area contributed by atoms with Crippen LogP contribution in [0.25, 0.3) is 0 Å². The number of aliphatic imine (C=N–C) groups is 1. The van der Waals surface area contributed by atoms with Gasteiger partial charge in [0.25, 0.3) is 0 Å². The summed E-state index contributed by atoms with van der Waals surface area (Å²) in [6.07, 6.45) is 2.66. The van der Waals surface area contributed by atoms with E-state index in [9.17, 15) is 0 Å². The van der Waals surface area contributed by atoms with Gasteiger partial charge in [-0.25, -0.2) is 4.99 Å². The van der Waals surface area contributed by atoms with Crippen molar-refractivity contribution in [3.8, 4) is 0 Å². The number of nitrogens with two attached hydrogens (primary N) is 1. The highest BCUT2D eigenvalue weighted by atomic mass is 127. The topological polar surface area (TPSA) is 53.6 Å². The SMILES string of the molecule is CC(C)CNC(N)=NCc1ccc(CN2CCC(C)CC2)cc1.I. The van der Waals surface area contributed by atoms with Crippen molar-refractivity contribution in [3.63, 3.8) is 0 Å². The lowest BCUT2D eigenvalue weighted by atomic mass is 9.99. The Balaban J connectivity index is 0.00000288. The quantitative estimate of drug-likeness (QED) is 0.401. The molecule has 2 rings (SSSR count). The number of nitrogens with zero attached hydrogens (tertiary/aromatic N) is 2. The number of benzene rings is 1. The van der Waals surface area contributed by atoms with Gasteiger partial charge in [0.15, 0.2) is 5.96 Å². The van der Waals surface area contributed by atoms with E-state index in [1.54, 1.807) is 0 Å². The molecule has 0 radical (unpaired) electrons. The first kappa shape index (κ1) is 21.2. The van der Waals surface area contributed by atoms with Gasteiger partial charge >= 0.3 is 0 Å². The average molecular weight is 444 g/mol. The Labute approximate surface area is 164 Å². The highest BCUT2D eigenvalue weighted by Crippen LogP contribution is 2.18. The van der Waals surface area contributed by atoms with Crippen molar-refractivity contribution in [1.29, 1.82) is 0 Å². The summed E-state index contributed by atoms with van der Waals surface area (Å²) in [5, 5.41) is 3.14. The van der Waals surface area contributed by atoms with E-state index >= 15 is 0 Å². The predicted molar refractivity (Wildman–Crippen MR) is 114 cm³/mol. The van der Waals surface area contributed by atoms with Gasteiger partial charge in [-0.15, -0.1) is 24.0 Å². The highest BCUT2D eigenvalue weighted by Gasteiger charge is 2.15. The zero-order valence-corrected chi connectivity index (χ0v) is 17.6. The number of piperidine rings is 1. The Morgan fingerprint density at radius 3 is 2.38 bits per heavy atom. The fraction of sp³-hybridized carbons (Fsp3) is 0.632. The summed E-state index contributed by atoms with van der Waals surface area (Å²) in [7, 11) is 0. The van der Waals surface area contributed by atoms with Gasteiger partial charge in [-0.2, -0.15) is 0 Å². The monoisotopic (exact) mass is 444 g/mol. The van der Waals surface area contributed by atoms with Crippen LogP contribution in [-0.2, 0) is 13.1 Å². The molecule has 1 fully saturated rings. The molecule has 0 aliphatic carbocycles. The van der Waals surface area contributed by atoms with E-state index in [0.717, 1.165) is 19.0 Å². The first-order chi connectivity index (χ1) is 11.0. The molecule has 0 spiro atoms. The Bertz CT molecular complexity index is 491. The van der Waals surface area contributed by atoms with Gasteiger partial charge < -0.3 is 11.1 Å². The normalized spacial score (nSPS) is 16.9. The molecule has 24 heavy (non-hydrogen) atoms. The maximum absolute atomic E-state index is 5.87. The van der Waals surface area contributed by atoms with Crippen molar-refractivity contribution < 1.29 is 0 Å². The molecule has 1 aromatic carbocycles. The third-order valence-electron chi connectivity index (χ3n) is 4.43. The van der Waals surface area contributed by atoms with E-state index < -0.39 is 0 Å². The standard InChI is InChI=1S/C19H32N4.HI/c1-15(2)12-21-19(20)22-13-17-4-6-18(7-5-17)14-23-10-8-16(3)9-11-23;/h4-7,15-16H,8-14H2,1-3H3,(H3,20,21,22);1H. The van der Waals surface area contributed by atoms with Gasteiger partial charge in [-0.1, -0.05) is 45.0 Å². The van der Waals surface area contributed by atoms with Gasteiger partial charge in [-0.05, 0) is 48.9 Å². The van der Waals surface area contributed by atoms with Crippen molar-refractivity contribution in [2.45, 2.75) is 46.7 Å². The third kappa shape index (κ3) is 7.83. The zero-order chi connectivity index (χ0) is 16.7. The summed E-state index contributed by atoms with van der Waals surface area (Å²) in [6, 6.07) is 8.78. The molecule has 1 aliphatic heterocycles. The Kier molecular flexibility index (Phi) is 9.66. The van der Waals surface area contributed by atoms with Crippen LogP contribution < -0.4 is 11.1 Å². The van der Waals surface area contributed by atoms with Crippen molar-refractivity contribution in [1.82, 2.24) is 10.2 Å². The van der Waals surface area contributed by atoms with E-state index in [2.05, 4.69) is 60.2 Å². The molecule has 0 unspecified atom stereocenters. The maximum atomic E-state index is 5.87. The largest absolute Gasteiger partial charge is 0.370 e. The molecule has 0 atom stereocenters. The number of halogens is 1. The lowest BCUT2D eigenvalue weighted by Gasteiger charge is -2.30. The molecule has 5 heteroatoms. The van der Waals surface area contributed by atoms with E-state index in [-0.39, 0.29) is 24.0 Å². The molecule has 1 aromatic rings. The van der Waals surface area contributed by atoms with E-state index in [0.29, 0.717) is 18.4 Å². The van der Waals surface area contributed by atoms with Crippen LogP contribution in [0.3, 0.4) is 0 Å². The van der Waals surface area contributed by atoms with Crippen LogP contribution in [0.15, 0.2) is 29.3 Å². The first-order valence-electron chi connectivity index (χ1n) is 8.87. The molecular weight excluding hydrogens is 411 g/mol. The van der Waals surface area contributed by atoms with Crippen molar-refractivity contribution in [3.05, 3.63) is 35.4 Å². The molecule has 0 saturated carbocycles. The summed E-state index contributed by atoms with van der Waals surface area (Å²) in [4.78, 5) is 6.95. The molecule has 136 valence electrons. The average Bonchev–Trinajstić information content (AvgIpc) is 2.54. The van der Waals surface area contributed by atoms with Crippen LogP contribution in [0.1, 0.15) is 44.7 Å². The molecule has 0 amide bonds. The molecule has 1 saturated heterocycles. The van der Waals surface area contributed by atoms with Gasteiger partial charge in [0.2, 0.25) is 0 Å². The summed E-state index contributed by atoms with van der Waals surface area (Å²) in [5.41, 5.74) is 8.46. The van der Waals surface area contributed by atoms with E-state index in [1.807, 2.05) is 0 Å². The number of nitrogens with one attached hydrogen (secondary N) is 1. The minimum absolute atomic E-state index is 0. The van der Waals surface area contributed by atoms with Gasteiger partial charge in [-0.3, -0.25) is 4.90 Å². The van der Waals surface area contributed by atoms with Gasteiger partial charge in [0.05, 0.1) is 6.54 Å². The lowest BCUT2D eigenvalue weighted by Crippen LogP contribution is -2.34. The molecule has 0 aromatic heterocycles. The molecule has 4 nitrogen and oxygen atoms in total. The first-order valence-corrected chi connectivity index (χ1v) is 8.87. The third-order valence-corrected chi connectivity index (χ3v) is 4.43. The second-order valence-electron chi connectivity index (χ2n) is 7.25. The number of guanidine groups is 1. The van der Waals surface area contributed by atoms with Crippen LogP contribution in [-0.4, -0.2) is 30.5 Å². The Hall–Kier alpha value is -0.820. The van der Waals surface area contributed by atoms with Crippen LogP contribution >= 0.6 is 24.0 Å². The van der Waals surface area contributed by atoms with Crippen LogP contribution in [0.5, 0.6) is 0 Å². The number of likely N-dealkylation sites (tertiary alicyclic amines) is 1. The highest BCUT2D eigenvalue weighted by molar-refractivity contribution is 14.0. The fourth-order valence-corrected chi connectivity index (χ4v) is 2.77. The zero-order valence-electron chi connectivity index (χ0n) is 15.3. The van der Waals surface area contributed by atoms with Crippen LogP contribution in [0, 0.1) is 11.8 Å². The van der Waals surface area contributed by atoms with Crippen molar-refractivity contribution >= 4 is 29.9 Å². The smallest absolute Gasteiger partial charge is 0.188 e. The molecule has 1 aliphatic rings. The number of hydrogen-bond donors (Lipinski definition) is 2. The molecular formula is C19H33IN4.